The van der Waals surface area contributed by atoms with Crippen molar-refractivity contribution in [3.05, 3.63) is 38.6 Å². The lowest BCUT2D eigenvalue weighted by Gasteiger charge is -2.04. The van der Waals surface area contributed by atoms with Gasteiger partial charge < -0.3 is 5.11 Å². The Balaban J connectivity index is 2.09. The normalized spacial score (nSPS) is 16.3. The Morgan fingerprint density at radius 1 is 1.42 bits per heavy atom. The first-order chi connectivity index (χ1) is 9.04. The number of carbonyl (C=O) groups is 1. The molecular weight excluding hydrogens is 326 g/mol. The maximum Gasteiger partial charge on any atom is 0.316 e. The van der Waals surface area contributed by atoms with E-state index in [1.807, 2.05) is 31.2 Å². The molecule has 3 nitrogen and oxygen atoms in total. The zero-order chi connectivity index (χ0) is 13.6. The van der Waals surface area contributed by atoms with E-state index in [1.54, 1.807) is 0 Å². The van der Waals surface area contributed by atoms with Crippen LogP contribution in [0.3, 0.4) is 0 Å². The van der Waals surface area contributed by atoms with Crippen LogP contribution in [0.4, 0.5) is 0 Å². The van der Waals surface area contributed by atoms with Crippen LogP contribution in [0, 0.1) is 6.92 Å². The minimum Gasteiger partial charge on any atom is -0.481 e. The van der Waals surface area contributed by atoms with Crippen LogP contribution in [0.2, 0.25) is 0 Å². The molecule has 1 N–H and O–H groups in total. The fraction of sp³-hybridized carbons (Fsp3) is 0.286. The predicted octanol–water partition coefficient (Wildman–Crippen LogP) is 4.00. The van der Waals surface area contributed by atoms with Gasteiger partial charge in [-0.15, -0.1) is 11.3 Å². The second kappa shape index (κ2) is 4.42. The molecule has 1 aliphatic carbocycles. The molecule has 0 bridgehead atoms. The molecule has 0 atom stereocenters. The summed E-state index contributed by atoms with van der Waals surface area (Å²) in [5.41, 5.74) is 1.19. The molecular formula is C14H12BrNO2S. The summed E-state index contributed by atoms with van der Waals surface area (Å²) in [4.78, 5) is 17.0. The van der Waals surface area contributed by atoms with Gasteiger partial charge in [-0.2, -0.15) is 0 Å². The number of nitrogens with zero attached hydrogens (tertiary/aromatic N) is 1. The highest BCUT2D eigenvalue weighted by Crippen LogP contribution is 2.51. The van der Waals surface area contributed by atoms with Crippen molar-refractivity contribution in [3.63, 3.8) is 0 Å². The van der Waals surface area contributed by atoms with E-state index < -0.39 is 11.4 Å². The third kappa shape index (κ3) is 2.01. The van der Waals surface area contributed by atoms with Crippen molar-refractivity contribution in [2.45, 2.75) is 25.2 Å². The van der Waals surface area contributed by atoms with Gasteiger partial charge >= 0.3 is 5.97 Å². The first-order valence-electron chi connectivity index (χ1n) is 6.01. The number of benzene rings is 1. The average Bonchev–Trinajstić information content (AvgIpc) is 3.10. The molecule has 0 radical (unpaired) electrons. The fourth-order valence-corrected chi connectivity index (χ4v) is 3.79. The summed E-state index contributed by atoms with van der Waals surface area (Å²) in [5, 5.41) is 10.1. The molecule has 98 valence electrons. The highest BCUT2D eigenvalue weighted by Gasteiger charge is 2.54. The molecule has 1 aromatic heterocycles. The molecule has 1 aliphatic rings. The van der Waals surface area contributed by atoms with Crippen LogP contribution in [-0.4, -0.2) is 16.1 Å². The Hall–Kier alpha value is -1.20. The van der Waals surface area contributed by atoms with Gasteiger partial charge in [0.1, 0.15) is 10.4 Å². The predicted molar refractivity (Wildman–Crippen MR) is 78.5 cm³/mol. The minimum atomic E-state index is -0.750. The third-order valence-corrected chi connectivity index (χ3v) is 5.36. The molecule has 0 aliphatic heterocycles. The SMILES string of the molecule is Cc1sc(C2(C(=O)O)CC2)nc1-c1ccccc1Br. The molecule has 1 heterocycles. The quantitative estimate of drug-likeness (QED) is 0.920. The van der Waals surface area contributed by atoms with Crippen molar-refractivity contribution in [3.8, 4) is 11.3 Å². The monoisotopic (exact) mass is 337 g/mol. The van der Waals surface area contributed by atoms with E-state index in [0.717, 1.165) is 25.6 Å². The van der Waals surface area contributed by atoms with E-state index in [9.17, 15) is 9.90 Å². The van der Waals surface area contributed by atoms with Crippen LogP contribution in [-0.2, 0) is 10.2 Å². The van der Waals surface area contributed by atoms with E-state index in [1.165, 1.54) is 11.3 Å². The van der Waals surface area contributed by atoms with Gasteiger partial charge in [-0.05, 0) is 25.8 Å². The van der Waals surface area contributed by atoms with Gasteiger partial charge in [0.2, 0.25) is 0 Å². The molecule has 1 fully saturated rings. The molecule has 3 rings (SSSR count). The molecule has 19 heavy (non-hydrogen) atoms. The standard InChI is InChI=1S/C14H12BrNO2S/c1-8-11(9-4-2-3-5-10(9)15)16-12(19-8)14(6-7-14)13(17)18/h2-5H,6-7H2,1H3,(H,17,18). The van der Waals surface area contributed by atoms with Crippen LogP contribution >= 0.6 is 27.3 Å². The molecule has 0 spiro atoms. The zero-order valence-corrected chi connectivity index (χ0v) is 12.7. The number of halogens is 1. The van der Waals surface area contributed by atoms with Crippen molar-refractivity contribution in [1.82, 2.24) is 4.98 Å². The Morgan fingerprint density at radius 3 is 2.68 bits per heavy atom. The molecule has 1 saturated carbocycles. The van der Waals surface area contributed by atoms with Gasteiger partial charge in [0.15, 0.2) is 0 Å². The van der Waals surface area contributed by atoms with Crippen molar-refractivity contribution in [2.24, 2.45) is 0 Å². The lowest BCUT2D eigenvalue weighted by Crippen LogP contribution is -2.19. The number of carboxylic acids is 1. The smallest absolute Gasteiger partial charge is 0.316 e. The number of carboxylic acid groups (broad SMARTS) is 1. The van der Waals surface area contributed by atoms with Crippen LogP contribution in [0.1, 0.15) is 22.7 Å². The first kappa shape index (κ1) is 12.8. The number of hydrogen-bond acceptors (Lipinski definition) is 3. The Bertz CT molecular complexity index is 661. The zero-order valence-electron chi connectivity index (χ0n) is 10.3. The number of hydrogen-bond donors (Lipinski definition) is 1. The highest BCUT2D eigenvalue weighted by molar-refractivity contribution is 9.10. The van der Waals surface area contributed by atoms with E-state index in [4.69, 9.17) is 0 Å². The summed E-state index contributed by atoms with van der Waals surface area (Å²) >= 11 is 5.02. The topological polar surface area (TPSA) is 50.2 Å². The summed E-state index contributed by atoms with van der Waals surface area (Å²) < 4.78 is 0.982. The van der Waals surface area contributed by atoms with Gasteiger partial charge in [-0.1, -0.05) is 34.1 Å². The third-order valence-electron chi connectivity index (χ3n) is 3.49. The number of aliphatic carboxylic acids is 1. The maximum absolute atomic E-state index is 11.4. The lowest BCUT2D eigenvalue weighted by atomic mass is 10.1. The van der Waals surface area contributed by atoms with Crippen LogP contribution < -0.4 is 0 Å². The fourth-order valence-electron chi connectivity index (χ4n) is 2.15. The number of thiazole rings is 1. The number of aromatic nitrogens is 1. The summed E-state index contributed by atoms with van der Waals surface area (Å²) in [6.07, 6.45) is 1.40. The van der Waals surface area contributed by atoms with E-state index in [-0.39, 0.29) is 0 Å². The largest absolute Gasteiger partial charge is 0.481 e. The molecule has 5 heteroatoms. The summed E-state index contributed by atoms with van der Waals surface area (Å²) in [5.74, 6) is -0.750. The second-order valence-electron chi connectivity index (χ2n) is 4.79. The van der Waals surface area contributed by atoms with Crippen LogP contribution in [0.25, 0.3) is 11.3 Å². The molecule has 2 aromatic rings. The van der Waals surface area contributed by atoms with Crippen molar-refractivity contribution < 1.29 is 9.90 Å². The molecule has 0 saturated heterocycles. The second-order valence-corrected chi connectivity index (χ2v) is 6.85. The van der Waals surface area contributed by atoms with Gasteiger partial charge in [-0.25, -0.2) is 4.98 Å². The first-order valence-corrected chi connectivity index (χ1v) is 7.62. The molecule has 0 unspecified atom stereocenters. The number of rotatable bonds is 3. The minimum absolute atomic E-state index is 0.699. The van der Waals surface area contributed by atoms with Gasteiger partial charge in [0, 0.05) is 14.9 Å². The molecule has 0 amide bonds. The van der Waals surface area contributed by atoms with Crippen LogP contribution in [0.5, 0.6) is 0 Å². The van der Waals surface area contributed by atoms with Gasteiger partial charge in [0.25, 0.3) is 0 Å². The van der Waals surface area contributed by atoms with Crippen LogP contribution in [0.15, 0.2) is 28.7 Å². The Labute approximate surface area is 123 Å². The lowest BCUT2D eigenvalue weighted by molar-refractivity contribution is -0.140. The van der Waals surface area contributed by atoms with Crippen molar-refractivity contribution >= 4 is 33.2 Å². The van der Waals surface area contributed by atoms with Crippen molar-refractivity contribution in [1.29, 1.82) is 0 Å². The van der Waals surface area contributed by atoms with E-state index in [2.05, 4.69) is 20.9 Å². The summed E-state index contributed by atoms with van der Waals surface area (Å²) in [7, 11) is 0. The summed E-state index contributed by atoms with van der Waals surface area (Å²) in [6, 6.07) is 7.88. The number of aryl methyl sites for hydroxylation is 1. The Kier molecular flexibility index (Phi) is 2.98. The maximum atomic E-state index is 11.4. The average molecular weight is 338 g/mol. The van der Waals surface area contributed by atoms with E-state index >= 15 is 0 Å². The van der Waals surface area contributed by atoms with Gasteiger partial charge in [-0.3, -0.25) is 4.79 Å². The van der Waals surface area contributed by atoms with Crippen molar-refractivity contribution in [2.75, 3.05) is 0 Å². The highest BCUT2D eigenvalue weighted by atomic mass is 79.9. The molecule has 1 aromatic carbocycles. The van der Waals surface area contributed by atoms with Gasteiger partial charge in [0.05, 0.1) is 5.69 Å². The summed E-state index contributed by atoms with van der Waals surface area (Å²) in [6.45, 7) is 1.99. The Morgan fingerprint density at radius 2 is 2.11 bits per heavy atom. The van der Waals surface area contributed by atoms with E-state index in [0.29, 0.717) is 12.8 Å².